The van der Waals surface area contributed by atoms with Crippen LogP contribution < -0.4 is 10.6 Å². The van der Waals surface area contributed by atoms with E-state index in [9.17, 15) is 4.79 Å². The largest absolute Gasteiger partial charge is 0.349 e. The molecule has 0 radical (unpaired) electrons. The molecule has 0 aliphatic carbocycles. The minimum absolute atomic E-state index is 0.00172. The number of nitrogens with zero attached hydrogens (tertiary/aromatic N) is 1. The second-order valence-electron chi connectivity index (χ2n) is 6.83. The summed E-state index contributed by atoms with van der Waals surface area (Å²) in [5, 5.41) is 7.08. The fourth-order valence-corrected chi connectivity index (χ4v) is 3.45. The highest BCUT2D eigenvalue weighted by Crippen LogP contribution is 2.28. The molecular formula is C15H22ClN3O. The van der Waals surface area contributed by atoms with Gasteiger partial charge in [0.2, 0.25) is 0 Å². The molecule has 1 saturated heterocycles. The molecule has 5 heteroatoms. The molecule has 2 N–H and O–H groups in total. The molecule has 20 heavy (non-hydrogen) atoms. The fourth-order valence-electron chi connectivity index (χ4n) is 3.25. The van der Waals surface area contributed by atoms with Gasteiger partial charge >= 0.3 is 0 Å². The molecule has 1 aromatic heterocycles. The van der Waals surface area contributed by atoms with Gasteiger partial charge in [-0.1, -0.05) is 11.6 Å². The lowest BCUT2D eigenvalue weighted by Crippen LogP contribution is -2.62. The fraction of sp³-hybridized carbons (Fsp3) is 0.600. The predicted molar refractivity (Wildman–Crippen MR) is 81.0 cm³/mol. The molecule has 4 nitrogen and oxygen atoms in total. The van der Waals surface area contributed by atoms with E-state index in [0.717, 1.165) is 12.8 Å². The van der Waals surface area contributed by atoms with Crippen LogP contribution in [0.5, 0.6) is 0 Å². The summed E-state index contributed by atoms with van der Waals surface area (Å²) < 4.78 is 0. The first kappa shape index (κ1) is 15.3. The minimum atomic E-state index is -0.129. The van der Waals surface area contributed by atoms with Gasteiger partial charge < -0.3 is 10.6 Å². The maximum Gasteiger partial charge on any atom is 0.253 e. The van der Waals surface area contributed by atoms with E-state index in [1.165, 1.54) is 6.20 Å². The summed E-state index contributed by atoms with van der Waals surface area (Å²) in [5.41, 5.74) is 0.486. The highest BCUT2D eigenvalue weighted by molar-refractivity contribution is 6.33. The van der Waals surface area contributed by atoms with Crippen molar-refractivity contribution < 1.29 is 4.79 Å². The van der Waals surface area contributed by atoms with Crippen molar-refractivity contribution in [3.05, 3.63) is 29.0 Å². The molecule has 1 aromatic rings. The lowest BCUT2D eigenvalue weighted by molar-refractivity contribution is 0.0873. The molecule has 0 bridgehead atoms. The van der Waals surface area contributed by atoms with Crippen molar-refractivity contribution in [1.82, 2.24) is 15.6 Å². The van der Waals surface area contributed by atoms with Gasteiger partial charge in [-0.3, -0.25) is 9.78 Å². The van der Waals surface area contributed by atoms with Crippen LogP contribution in [0.25, 0.3) is 0 Å². The van der Waals surface area contributed by atoms with Gasteiger partial charge in [-0.05, 0) is 46.6 Å². The highest BCUT2D eigenvalue weighted by Gasteiger charge is 2.38. The number of aromatic nitrogens is 1. The molecule has 1 amide bonds. The summed E-state index contributed by atoms with van der Waals surface area (Å²) in [7, 11) is 0. The number of nitrogens with one attached hydrogen (secondary N) is 2. The topological polar surface area (TPSA) is 54.0 Å². The van der Waals surface area contributed by atoms with Crippen molar-refractivity contribution >= 4 is 17.5 Å². The van der Waals surface area contributed by atoms with Crippen LogP contribution in [0.4, 0.5) is 0 Å². The lowest BCUT2D eigenvalue weighted by Gasteiger charge is -2.46. The molecule has 0 spiro atoms. The van der Waals surface area contributed by atoms with Gasteiger partial charge in [0.05, 0.1) is 10.6 Å². The number of carbonyl (C=O) groups is 1. The summed E-state index contributed by atoms with van der Waals surface area (Å²) in [6, 6.07) is 1.78. The van der Waals surface area contributed by atoms with E-state index in [-0.39, 0.29) is 23.0 Å². The monoisotopic (exact) mass is 295 g/mol. The van der Waals surface area contributed by atoms with E-state index >= 15 is 0 Å². The smallest absolute Gasteiger partial charge is 0.253 e. The highest BCUT2D eigenvalue weighted by atomic mass is 35.5. The second-order valence-corrected chi connectivity index (χ2v) is 7.23. The van der Waals surface area contributed by atoms with Crippen molar-refractivity contribution in [3.63, 3.8) is 0 Å². The first-order valence-corrected chi connectivity index (χ1v) is 7.26. The SMILES string of the molecule is CC1(C)CC(NC(=O)c2ccncc2Cl)CC(C)(C)N1. The Morgan fingerprint density at radius 3 is 2.50 bits per heavy atom. The molecule has 0 aromatic carbocycles. The first-order valence-electron chi connectivity index (χ1n) is 6.88. The summed E-state index contributed by atoms with van der Waals surface area (Å²) in [5.74, 6) is -0.129. The average Bonchev–Trinajstić information content (AvgIpc) is 2.24. The molecule has 1 aliphatic rings. The summed E-state index contributed by atoms with van der Waals surface area (Å²) >= 11 is 6.01. The number of amides is 1. The zero-order valence-electron chi connectivity index (χ0n) is 12.5. The predicted octanol–water partition coefficient (Wildman–Crippen LogP) is 2.77. The Morgan fingerprint density at radius 1 is 1.35 bits per heavy atom. The van der Waals surface area contributed by atoms with Crippen LogP contribution in [-0.2, 0) is 0 Å². The summed E-state index contributed by atoms with van der Waals surface area (Å²) in [6.07, 6.45) is 4.86. The number of hydrogen-bond acceptors (Lipinski definition) is 3. The molecule has 2 rings (SSSR count). The third kappa shape index (κ3) is 3.70. The molecule has 1 aliphatic heterocycles. The maximum atomic E-state index is 12.3. The summed E-state index contributed by atoms with van der Waals surface area (Å²) in [4.78, 5) is 16.2. The number of rotatable bonds is 2. The first-order chi connectivity index (χ1) is 9.19. The van der Waals surface area contributed by atoms with E-state index < -0.39 is 0 Å². The van der Waals surface area contributed by atoms with Crippen molar-refractivity contribution in [2.75, 3.05) is 0 Å². The van der Waals surface area contributed by atoms with E-state index in [4.69, 9.17) is 11.6 Å². The van der Waals surface area contributed by atoms with Gasteiger partial charge in [0.15, 0.2) is 0 Å². The van der Waals surface area contributed by atoms with Crippen molar-refractivity contribution in [3.8, 4) is 0 Å². The Balaban J connectivity index is 2.10. The Kier molecular flexibility index (Phi) is 4.07. The normalized spacial score (nSPS) is 21.4. The molecule has 0 unspecified atom stereocenters. The van der Waals surface area contributed by atoms with Gasteiger partial charge in [-0.25, -0.2) is 0 Å². The van der Waals surface area contributed by atoms with Crippen molar-refractivity contribution in [2.24, 2.45) is 0 Å². The molecule has 110 valence electrons. The average molecular weight is 296 g/mol. The van der Waals surface area contributed by atoms with Gasteiger partial charge in [0, 0.05) is 29.5 Å². The Bertz CT molecular complexity index is 498. The Morgan fingerprint density at radius 2 is 1.95 bits per heavy atom. The van der Waals surface area contributed by atoms with E-state index in [0.29, 0.717) is 10.6 Å². The number of piperidine rings is 1. The molecular weight excluding hydrogens is 274 g/mol. The third-order valence-electron chi connectivity index (χ3n) is 3.54. The molecule has 2 heterocycles. The second kappa shape index (κ2) is 5.34. The third-order valence-corrected chi connectivity index (χ3v) is 3.84. The Hall–Kier alpha value is -1.13. The van der Waals surface area contributed by atoms with Crippen LogP contribution in [0.1, 0.15) is 50.9 Å². The Labute approximate surface area is 125 Å². The van der Waals surface area contributed by atoms with Gasteiger partial charge in [0.1, 0.15) is 0 Å². The number of carbonyl (C=O) groups excluding carboxylic acids is 1. The molecule has 0 saturated carbocycles. The van der Waals surface area contributed by atoms with Crippen molar-refractivity contribution in [1.29, 1.82) is 0 Å². The van der Waals surface area contributed by atoms with Crippen LogP contribution in [0, 0.1) is 0 Å². The lowest BCUT2D eigenvalue weighted by atomic mass is 9.79. The number of hydrogen-bond donors (Lipinski definition) is 2. The van der Waals surface area contributed by atoms with E-state index in [2.05, 4.69) is 43.3 Å². The van der Waals surface area contributed by atoms with E-state index in [1.807, 2.05) is 0 Å². The zero-order chi connectivity index (χ0) is 15.0. The number of pyridine rings is 1. The van der Waals surface area contributed by atoms with Crippen LogP contribution in [0.3, 0.4) is 0 Å². The molecule has 1 fully saturated rings. The standard InChI is InChI=1S/C15H22ClN3O/c1-14(2)7-10(8-15(3,4)19-14)18-13(20)11-5-6-17-9-12(11)16/h5-6,9-10,19H,7-8H2,1-4H3,(H,18,20). The van der Waals surface area contributed by atoms with Crippen LogP contribution in [0.15, 0.2) is 18.5 Å². The van der Waals surface area contributed by atoms with Crippen LogP contribution in [0.2, 0.25) is 5.02 Å². The van der Waals surface area contributed by atoms with E-state index in [1.54, 1.807) is 12.3 Å². The van der Waals surface area contributed by atoms with Crippen LogP contribution >= 0.6 is 11.6 Å². The molecule has 0 atom stereocenters. The van der Waals surface area contributed by atoms with Gasteiger partial charge in [0.25, 0.3) is 5.91 Å². The zero-order valence-corrected chi connectivity index (χ0v) is 13.2. The number of halogens is 1. The maximum absolute atomic E-state index is 12.3. The van der Waals surface area contributed by atoms with Gasteiger partial charge in [-0.15, -0.1) is 0 Å². The van der Waals surface area contributed by atoms with Crippen molar-refractivity contribution in [2.45, 2.75) is 57.7 Å². The van der Waals surface area contributed by atoms with Gasteiger partial charge in [-0.2, -0.15) is 0 Å². The quantitative estimate of drug-likeness (QED) is 0.882. The van der Waals surface area contributed by atoms with Crippen LogP contribution in [-0.4, -0.2) is 28.0 Å². The minimum Gasteiger partial charge on any atom is -0.349 e. The summed E-state index contributed by atoms with van der Waals surface area (Å²) in [6.45, 7) is 8.64.